The second-order valence-electron chi connectivity index (χ2n) is 6.21. The standard InChI is InChI=1S/C19H20N4O3/c1-14(16-9-6-10-17(12-16)23(24)25)22(2)13-19-20-18(21-26-19)11-15-7-4-3-5-8-15/h3-10,12,14H,11,13H2,1-2H3/t14-/m1/s1. The van der Waals surface area contributed by atoms with E-state index in [-0.39, 0.29) is 16.7 Å². The minimum atomic E-state index is -0.385. The Balaban J connectivity index is 1.65. The number of nitro benzene ring substituents is 1. The molecule has 134 valence electrons. The zero-order valence-corrected chi connectivity index (χ0v) is 14.7. The lowest BCUT2D eigenvalue weighted by molar-refractivity contribution is -0.384. The molecule has 3 aromatic rings. The molecule has 0 unspecified atom stereocenters. The minimum Gasteiger partial charge on any atom is -0.338 e. The van der Waals surface area contributed by atoms with Crippen LogP contribution in [0.3, 0.4) is 0 Å². The quantitative estimate of drug-likeness (QED) is 0.475. The number of hydrogen-bond donors (Lipinski definition) is 0. The van der Waals surface area contributed by atoms with Crippen LogP contribution in [0.5, 0.6) is 0 Å². The smallest absolute Gasteiger partial charge is 0.269 e. The Labute approximate surface area is 151 Å². The molecule has 0 aliphatic rings. The molecular formula is C19H20N4O3. The maximum atomic E-state index is 10.9. The first-order valence-electron chi connectivity index (χ1n) is 8.33. The first kappa shape index (κ1) is 17.8. The Morgan fingerprint density at radius 2 is 1.96 bits per heavy atom. The number of nitrogens with zero attached hydrogens (tertiary/aromatic N) is 4. The zero-order valence-electron chi connectivity index (χ0n) is 14.7. The zero-order chi connectivity index (χ0) is 18.5. The Kier molecular flexibility index (Phi) is 5.38. The number of rotatable bonds is 7. The summed E-state index contributed by atoms with van der Waals surface area (Å²) in [5.41, 5.74) is 2.08. The highest BCUT2D eigenvalue weighted by atomic mass is 16.6. The third kappa shape index (κ3) is 4.31. The van der Waals surface area contributed by atoms with Crippen molar-refractivity contribution in [3.05, 3.63) is 87.6 Å². The van der Waals surface area contributed by atoms with E-state index in [4.69, 9.17) is 4.52 Å². The van der Waals surface area contributed by atoms with Crippen molar-refractivity contribution in [1.29, 1.82) is 0 Å². The molecule has 1 aromatic heterocycles. The molecule has 2 aromatic carbocycles. The van der Waals surface area contributed by atoms with Crippen LogP contribution < -0.4 is 0 Å². The van der Waals surface area contributed by atoms with Gasteiger partial charge in [0.05, 0.1) is 11.5 Å². The number of non-ortho nitro benzene ring substituents is 1. The number of hydrogen-bond acceptors (Lipinski definition) is 6. The van der Waals surface area contributed by atoms with Crippen molar-refractivity contribution in [2.24, 2.45) is 0 Å². The molecule has 0 saturated carbocycles. The van der Waals surface area contributed by atoms with Gasteiger partial charge in [0.1, 0.15) is 0 Å². The Morgan fingerprint density at radius 1 is 1.19 bits per heavy atom. The monoisotopic (exact) mass is 352 g/mol. The molecule has 0 bridgehead atoms. The minimum absolute atomic E-state index is 0.0284. The van der Waals surface area contributed by atoms with Crippen molar-refractivity contribution in [1.82, 2.24) is 15.0 Å². The summed E-state index contributed by atoms with van der Waals surface area (Å²) in [6.45, 7) is 2.45. The van der Waals surface area contributed by atoms with Gasteiger partial charge in [0.25, 0.3) is 5.69 Å². The predicted molar refractivity (Wildman–Crippen MR) is 96.5 cm³/mol. The summed E-state index contributed by atoms with van der Waals surface area (Å²) in [4.78, 5) is 17.0. The molecule has 0 radical (unpaired) electrons. The van der Waals surface area contributed by atoms with Gasteiger partial charge in [-0.25, -0.2) is 0 Å². The fourth-order valence-corrected chi connectivity index (χ4v) is 2.71. The highest BCUT2D eigenvalue weighted by molar-refractivity contribution is 5.35. The predicted octanol–water partition coefficient (Wildman–Crippen LogP) is 3.76. The summed E-state index contributed by atoms with van der Waals surface area (Å²) in [5.74, 6) is 1.17. The Hall–Kier alpha value is -3.06. The van der Waals surface area contributed by atoms with Gasteiger partial charge in [-0.1, -0.05) is 47.6 Å². The average Bonchev–Trinajstić information content (AvgIpc) is 3.08. The summed E-state index contributed by atoms with van der Waals surface area (Å²) >= 11 is 0. The highest BCUT2D eigenvalue weighted by Crippen LogP contribution is 2.24. The molecule has 0 spiro atoms. The van der Waals surface area contributed by atoms with Crippen LogP contribution in [0.25, 0.3) is 0 Å². The van der Waals surface area contributed by atoms with Gasteiger partial charge in [0.15, 0.2) is 5.82 Å². The van der Waals surface area contributed by atoms with Crippen LogP contribution in [0.2, 0.25) is 0 Å². The highest BCUT2D eigenvalue weighted by Gasteiger charge is 2.17. The van der Waals surface area contributed by atoms with E-state index in [9.17, 15) is 10.1 Å². The van der Waals surface area contributed by atoms with Gasteiger partial charge < -0.3 is 4.52 Å². The van der Waals surface area contributed by atoms with Gasteiger partial charge >= 0.3 is 0 Å². The van der Waals surface area contributed by atoms with E-state index < -0.39 is 0 Å². The summed E-state index contributed by atoms with van der Waals surface area (Å²) in [5, 5.41) is 15.0. The van der Waals surface area contributed by atoms with Crippen molar-refractivity contribution >= 4 is 5.69 Å². The lowest BCUT2D eigenvalue weighted by atomic mass is 10.1. The Morgan fingerprint density at radius 3 is 2.69 bits per heavy atom. The molecule has 0 fully saturated rings. The van der Waals surface area contributed by atoms with Crippen LogP contribution in [-0.2, 0) is 13.0 Å². The van der Waals surface area contributed by atoms with E-state index in [1.54, 1.807) is 12.1 Å². The van der Waals surface area contributed by atoms with Gasteiger partial charge in [0.2, 0.25) is 5.89 Å². The molecule has 0 saturated heterocycles. The normalized spacial score (nSPS) is 12.3. The summed E-state index contributed by atoms with van der Waals surface area (Å²) in [6.07, 6.45) is 0.620. The molecule has 3 rings (SSSR count). The molecule has 0 aliphatic heterocycles. The van der Waals surface area contributed by atoms with Crippen molar-refractivity contribution in [2.75, 3.05) is 7.05 Å². The van der Waals surface area contributed by atoms with Crippen molar-refractivity contribution in [3.8, 4) is 0 Å². The molecule has 1 atom stereocenters. The van der Waals surface area contributed by atoms with E-state index in [1.807, 2.05) is 55.3 Å². The lowest BCUT2D eigenvalue weighted by Gasteiger charge is -2.23. The number of aromatic nitrogens is 2. The van der Waals surface area contributed by atoms with Gasteiger partial charge in [0, 0.05) is 24.6 Å². The molecular weight excluding hydrogens is 332 g/mol. The SMILES string of the molecule is C[C@H](c1cccc([N+](=O)[O-])c1)N(C)Cc1nc(Cc2ccccc2)no1. The van der Waals surface area contributed by atoms with Crippen molar-refractivity contribution < 1.29 is 9.45 Å². The fraction of sp³-hybridized carbons (Fsp3) is 0.263. The maximum Gasteiger partial charge on any atom is 0.269 e. The van der Waals surface area contributed by atoms with Crippen LogP contribution >= 0.6 is 0 Å². The fourth-order valence-electron chi connectivity index (χ4n) is 2.71. The summed E-state index contributed by atoms with van der Waals surface area (Å²) in [7, 11) is 1.92. The first-order chi connectivity index (χ1) is 12.5. The van der Waals surface area contributed by atoms with E-state index in [0.29, 0.717) is 24.7 Å². The molecule has 26 heavy (non-hydrogen) atoms. The van der Waals surface area contributed by atoms with E-state index in [2.05, 4.69) is 10.1 Å². The second-order valence-corrected chi connectivity index (χ2v) is 6.21. The van der Waals surface area contributed by atoms with Crippen LogP contribution in [0, 0.1) is 10.1 Å². The molecule has 1 heterocycles. The van der Waals surface area contributed by atoms with Crippen molar-refractivity contribution in [3.63, 3.8) is 0 Å². The molecule has 0 aliphatic carbocycles. The summed E-state index contributed by atoms with van der Waals surface area (Å²) < 4.78 is 5.34. The maximum absolute atomic E-state index is 10.9. The van der Waals surface area contributed by atoms with Crippen molar-refractivity contribution in [2.45, 2.75) is 25.9 Å². The van der Waals surface area contributed by atoms with Gasteiger partial charge in [-0.05, 0) is 25.1 Å². The van der Waals surface area contributed by atoms with Crippen LogP contribution in [-0.4, -0.2) is 27.0 Å². The van der Waals surface area contributed by atoms with Gasteiger partial charge in [-0.2, -0.15) is 4.98 Å². The topological polar surface area (TPSA) is 85.3 Å². The van der Waals surface area contributed by atoms with Crippen LogP contribution in [0.15, 0.2) is 59.1 Å². The molecule has 7 heteroatoms. The second kappa shape index (κ2) is 7.88. The van der Waals surface area contributed by atoms with Gasteiger partial charge in [-0.15, -0.1) is 0 Å². The van der Waals surface area contributed by atoms with Gasteiger partial charge in [-0.3, -0.25) is 15.0 Å². The number of nitro groups is 1. The lowest BCUT2D eigenvalue weighted by Crippen LogP contribution is -2.22. The number of benzene rings is 2. The van der Waals surface area contributed by atoms with E-state index in [0.717, 1.165) is 11.1 Å². The van der Waals surface area contributed by atoms with E-state index in [1.165, 1.54) is 6.07 Å². The average molecular weight is 352 g/mol. The molecule has 0 N–H and O–H groups in total. The van der Waals surface area contributed by atoms with Crippen LogP contribution in [0.1, 0.15) is 35.8 Å². The molecule has 7 nitrogen and oxygen atoms in total. The third-order valence-electron chi connectivity index (χ3n) is 4.32. The third-order valence-corrected chi connectivity index (χ3v) is 4.32. The Bertz CT molecular complexity index is 879. The van der Waals surface area contributed by atoms with Crippen LogP contribution in [0.4, 0.5) is 5.69 Å². The van der Waals surface area contributed by atoms with E-state index >= 15 is 0 Å². The largest absolute Gasteiger partial charge is 0.338 e. The first-order valence-corrected chi connectivity index (χ1v) is 8.33. The molecule has 0 amide bonds. The summed E-state index contributed by atoms with van der Waals surface area (Å²) in [6, 6.07) is 16.6.